The monoisotopic (exact) mass is 234 g/mol. The van der Waals surface area contributed by atoms with E-state index in [2.05, 4.69) is 24.4 Å². The number of benzene rings is 1. The van der Waals surface area contributed by atoms with E-state index in [0.29, 0.717) is 0 Å². The summed E-state index contributed by atoms with van der Waals surface area (Å²) in [5.41, 5.74) is 1.41. The van der Waals surface area contributed by atoms with E-state index in [1.807, 2.05) is 12.1 Å². The largest absolute Gasteiger partial charge is 0.497 e. The Labute approximate surface area is 104 Å². The molecule has 2 heteroatoms. The van der Waals surface area contributed by atoms with Gasteiger partial charge in [-0.05, 0) is 36.5 Å². The van der Waals surface area contributed by atoms with Crippen LogP contribution in [0.25, 0.3) is 0 Å². The standard InChI is InChI=1S/C15H23NO/c1-12-3-6-14(11-12)16-10-9-13-4-7-15(17-2)8-5-13/h4-5,7-8,12,14,16H,3,6,9-11H2,1-2H3/p+1/t12-,14+/m0/s1. The summed E-state index contributed by atoms with van der Waals surface area (Å²) in [5.74, 6) is 1.89. The topological polar surface area (TPSA) is 25.8 Å². The Morgan fingerprint density at radius 2 is 2.00 bits per heavy atom. The predicted molar refractivity (Wildman–Crippen MR) is 70.3 cm³/mol. The average Bonchev–Trinajstić information content (AvgIpc) is 2.76. The second-order valence-corrected chi connectivity index (χ2v) is 5.30. The summed E-state index contributed by atoms with van der Waals surface area (Å²) in [6.45, 7) is 3.58. The third-order valence-corrected chi connectivity index (χ3v) is 3.83. The molecule has 2 rings (SSSR count). The lowest BCUT2D eigenvalue weighted by atomic mass is 10.1. The lowest BCUT2D eigenvalue weighted by Crippen LogP contribution is -2.89. The molecule has 17 heavy (non-hydrogen) atoms. The summed E-state index contributed by atoms with van der Waals surface area (Å²) in [4.78, 5) is 0. The molecule has 0 saturated heterocycles. The predicted octanol–water partition coefficient (Wildman–Crippen LogP) is 1.99. The van der Waals surface area contributed by atoms with Gasteiger partial charge in [-0.2, -0.15) is 0 Å². The molecule has 0 aromatic heterocycles. The molecule has 1 aromatic rings. The summed E-state index contributed by atoms with van der Waals surface area (Å²) in [5, 5.41) is 2.54. The number of hydrogen-bond acceptors (Lipinski definition) is 1. The summed E-state index contributed by atoms with van der Waals surface area (Å²) in [6, 6.07) is 9.32. The van der Waals surface area contributed by atoms with Gasteiger partial charge < -0.3 is 10.1 Å². The molecule has 0 heterocycles. The highest BCUT2D eigenvalue weighted by Crippen LogP contribution is 2.22. The lowest BCUT2D eigenvalue weighted by Gasteiger charge is -2.09. The minimum atomic E-state index is 0.878. The maximum absolute atomic E-state index is 5.16. The smallest absolute Gasteiger partial charge is 0.118 e. The fourth-order valence-corrected chi connectivity index (χ4v) is 2.74. The van der Waals surface area contributed by atoms with Gasteiger partial charge in [0.15, 0.2) is 0 Å². The van der Waals surface area contributed by atoms with Gasteiger partial charge in [-0.1, -0.05) is 19.1 Å². The van der Waals surface area contributed by atoms with E-state index in [1.54, 1.807) is 7.11 Å². The quantitative estimate of drug-likeness (QED) is 0.828. The van der Waals surface area contributed by atoms with Crippen LogP contribution >= 0.6 is 0 Å². The normalized spacial score (nSPS) is 23.9. The van der Waals surface area contributed by atoms with Gasteiger partial charge in [0.25, 0.3) is 0 Å². The van der Waals surface area contributed by atoms with Crippen molar-refractivity contribution < 1.29 is 10.1 Å². The zero-order valence-electron chi connectivity index (χ0n) is 11.0. The Morgan fingerprint density at radius 3 is 2.59 bits per heavy atom. The van der Waals surface area contributed by atoms with E-state index in [4.69, 9.17) is 4.74 Å². The van der Waals surface area contributed by atoms with Crippen molar-refractivity contribution in [2.45, 2.75) is 38.6 Å². The van der Waals surface area contributed by atoms with Crippen LogP contribution in [0, 0.1) is 5.92 Å². The van der Waals surface area contributed by atoms with Crippen LogP contribution in [-0.4, -0.2) is 19.7 Å². The number of methoxy groups -OCH3 is 1. The number of hydrogen-bond donors (Lipinski definition) is 1. The fourth-order valence-electron chi connectivity index (χ4n) is 2.74. The molecular formula is C15H24NO+. The van der Waals surface area contributed by atoms with Gasteiger partial charge in [0.05, 0.1) is 19.7 Å². The first-order valence-electron chi connectivity index (χ1n) is 6.74. The van der Waals surface area contributed by atoms with Gasteiger partial charge in [0.1, 0.15) is 5.75 Å². The molecule has 0 aliphatic heterocycles. The number of ether oxygens (including phenoxy) is 1. The van der Waals surface area contributed by atoms with Crippen LogP contribution in [0.3, 0.4) is 0 Å². The highest BCUT2D eigenvalue weighted by molar-refractivity contribution is 5.27. The molecule has 2 N–H and O–H groups in total. The van der Waals surface area contributed by atoms with Gasteiger partial charge >= 0.3 is 0 Å². The van der Waals surface area contributed by atoms with Crippen molar-refractivity contribution in [3.63, 3.8) is 0 Å². The molecule has 0 amide bonds. The maximum Gasteiger partial charge on any atom is 0.118 e. The van der Waals surface area contributed by atoms with Crippen LogP contribution in [-0.2, 0) is 6.42 Å². The van der Waals surface area contributed by atoms with E-state index >= 15 is 0 Å². The van der Waals surface area contributed by atoms with Gasteiger partial charge in [0.2, 0.25) is 0 Å². The molecule has 0 radical (unpaired) electrons. The molecule has 2 nitrogen and oxygen atoms in total. The Hall–Kier alpha value is -1.02. The van der Waals surface area contributed by atoms with Crippen LogP contribution in [0.4, 0.5) is 0 Å². The van der Waals surface area contributed by atoms with Gasteiger partial charge in [-0.15, -0.1) is 0 Å². The van der Waals surface area contributed by atoms with Crippen molar-refractivity contribution in [3.05, 3.63) is 29.8 Å². The minimum absolute atomic E-state index is 0.878. The first-order valence-corrected chi connectivity index (χ1v) is 6.74. The molecule has 0 spiro atoms. The molecule has 1 saturated carbocycles. The number of quaternary nitrogens is 1. The van der Waals surface area contributed by atoms with Crippen LogP contribution in [0.5, 0.6) is 5.75 Å². The lowest BCUT2D eigenvalue weighted by molar-refractivity contribution is -0.687. The van der Waals surface area contributed by atoms with Crippen LogP contribution < -0.4 is 10.1 Å². The van der Waals surface area contributed by atoms with Crippen LogP contribution in [0.15, 0.2) is 24.3 Å². The molecule has 0 bridgehead atoms. The second kappa shape index (κ2) is 6.06. The Kier molecular flexibility index (Phi) is 4.43. The summed E-state index contributed by atoms with van der Waals surface area (Å²) >= 11 is 0. The van der Waals surface area contributed by atoms with Crippen molar-refractivity contribution >= 4 is 0 Å². The Bertz CT molecular complexity index is 333. The number of rotatable bonds is 5. The van der Waals surface area contributed by atoms with Crippen LogP contribution in [0.1, 0.15) is 31.7 Å². The van der Waals surface area contributed by atoms with E-state index in [1.165, 1.54) is 31.4 Å². The minimum Gasteiger partial charge on any atom is -0.497 e. The molecule has 2 atom stereocenters. The molecule has 1 aliphatic rings. The SMILES string of the molecule is COc1ccc(CC[NH2+][C@@H]2CC[C@H](C)C2)cc1. The Balaban J connectivity index is 1.70. The Morgan fingerprint density at radius 1 is 1.24 bits per heavy atom. The van der Waals surface area contributed by atoms with Crippen molar-refractivity contribution in [2.24, 2.45) is 5.92 Å². The zero-order valence-corrected chi connectivity index (χ0v) is 11.0. The summed E-state index contributed by atoms with van der Waals surface area (Å²) in [7, 11) is 1.71. The summed E-state index contributed by atoms with van der Waals surface area (Å²) < 4.78 is 5.16. The van der Waals surface area contributed by atoms with E-state index in [0.717, 1.165) is 24.1 Å². The van der Waals surface area contributed by atoms with Gasteiger partial charge in [-0.25, -0.2) is 0 Å². The van der Waals surface area contributed by atoms with Gasteiger partial charge in [0, 0.05) is 12.8 Å². The van der Waals surface area contributed by atoms with Gasteiger partial charge in [-0.3, -0.25) is 0 Å². The maximum atomic E-state index is 5.16. The first kappa shape index (κ1) is 12.4. The van der Waals surface area contributed by atoms with Crippen LogP contribution in [0.2, 0.25) is 0 Å². The zero-order chi connectivity index (χ0) is 12.1. The molecule has 94 valence electrons. The van der Waals surface area contributed by atoms with Crippen molar-refractivity contribution in [1.29, 1.82) is 0 Å². The van der Waals surface area contributed by atoms with E-state index < -0.39 is 0 Å². The molecular weight excluding hydrogens is 210 g/mol. The third-order valence-electron chi connectivity index (χ3n) is 3.83. The molecule has 1 aromatic carbocycles. The third kappa shape index (κ3) is 3.74. The molecule has 1 aliphatic carbocycles. The summed E-state index contributed by atoms with van der Waals surface area (Å²) in [6.07, 6.45) is 5.39. The first-order chi connectivity index (χ1) is 8.28. The van der Waals surface area contributed by atoms with Crippen molar-refractivity contribution in [3.8, 4) is 5.75 Å². The highest BCUT2D eigenvalue weighted by atomic mass is 16.5. The average molecular weight is 234 g/mol. The van der Waals surface area contributed by atoms with E-state index in [-0.39, 0.29) is 0 Å². The fraction of sp³-hybridized carbons (Fsp3) is 0.600. The molecule has 1 fully saturated rings. The molecule has 0 unspecified atom stereocenters. The van der Waals surface area contributed by atoms with Crippen molar-refractivity contribution in [1.82, 2.24) is 0 Å². The van der Waals surface area contributed by atoms with E-state index in [9.17, 15) is 0 Å². The highest BCUT2D eigenvalue weighted by Gasteiger charge is 2.23. The van der Waals surface area contributed by atoms with Crippen molar-refractivity contribution in [2.75, 3.05) is 13.7 Å². The second-order valence-electron chi connectivity index (χ2n) is 5.30. The number of nitrogens with two attached hydrogens (primary N) is 1.